The van der Waals surface area contributed by atoms with E-state index >= 15 is 0 Å². The minimum absolute atomic E-state index is 0.187. The van der Waals surface area contributed by atoms with E-state index in [1.54, 1.807) is 12.1 Å². The lowest BCUT2D eigenvalue weighted by Gasteiger charge is -2.33. The first-order chi connectivity index (χ1) is 13.1. The molecule has 0 saturated carbocycles. The number of hydrogen-bond acceptors (Lipinski definition) is 0. The molecule has 3 rings (SSSR count). The maximum atomic E-state index is 14.2. The molecule has 27 heavy (non-hydrogen) atoms. The molecule has 0 fully saturated rings. The number of benzene rings is 2. The van der Waals surface area contributed by atoms with Crippen molar-refractivity contribution in [1.29, 1.82) is 0 Å². The molecular formula is C25H32F2. The molecule has 0 amide bonds. The summed E-state index contributed by atoms with van der Waals surface area (Å²) >= 11 is 0. The van der Waals surface area contributed by atoms with Crippen molar-refractivity contribution in [3.63, 3.8) is 0 Å². The molecule has 1 aliphatic carbocycles. The van der Waals surface area contributed by atoms with Crippen LogP contribution in [0.4, 0.5) is 8.78 Å². The van der Waals surface area contributed by atoms with Gasteiger partial charge >= 0.3 is 0 Å². The maximum Gasteiger partial charge on any atom is 0.123 e. The molecule has 0 nitrogen and oxygen atoms in total. The lowest BCUT2D eigenvalue weighted by molar-refractivity contribution is 0.398. The molecule has 0 aliphatic heterocycles. The lowest BCUT2D eigenvalue weighted by atomic mass is 9.70. The predicted molar refractivity (Wildman–Crippen MR) is 110 cm³/mol. The third-order valence-corrected chi connectivity index (χ3v) is 6.20. The van der Waals surface area contributed by atoms with Crippen LogP contribution in [0.15, 0.2) is 36.4 Å². The Kier molecular flexibility index (Phi) is 6.68. The summed E-state index contributed by atoms with van der Waals surface area (Å²) in [4.78, 5) is 0. The van der Waals surface area contributed by atoms with Crippen LogP contribution in [0.2, 0.25) is 0 Å². The highest BCUT2D eigenvalue weighted by Crippen LogP contribution is 2.54. The summed E-state index contributed by atoms with van der Waals surface area (Å²) < 4.78 is 28.4. The fraction of sp³-hybridized carbons (Fsp3) is 0.520. The molecule has 0 heterocycles. The van der Waals surface area contributed by atoms with Gasteiger partial charge in [-0.05, 0) is 59.4 Å². The average molecular weight is 371 g/mol. The first-order valence-electron chi connectivity index (χ1n) is 10.7. The third kappa shape index (κ3) is 4.10. The molecule has 0 unspecified atom stereocenters. The smallest absolute Gasteiger partial charge is 0.123 e. The zero-order chi connectivity index (χ0) is 19.3. The minimum atomic E-state index is -0.240. The highest BCUT2D eigenvalue weighted by Gasteiger charge is 2.42. The van der Waals surface area contributed by atoms with Crippen molar-refractivity contribution in [3.05, 3.63) is 59.2 Å². The Hall–Kier alpha value is -1.70. The van der Waals surface area contributed by atoms with E-state index in [2.05, 4.69) is 13.8 Å². The fourth-order valence-corrected chi connectivity index (χ4v) is 4.81. The average Bonchev–Trinajstić information content (AvgIpc) is 2.92. The van der Waals surface area contributed by atoms with Crippen molar-refractivity contribution < 1.29 is 8.78 Å². The summed E-state index contributed by atoms with van der Waals surface area (Å²) in [6, 6.07) is 10.3. The van der Waals surface area contributed by atoms with E-state index in [9.17, 15) is 8.78 Å². The highest BCUT2D eigenvalue weighted by molar-refractivity contribution is 5.81. The SMILES string of the molecule is CCCCCCC1(CCCCCC)c2cc(F)ccc2-c2ccc(F)cc21. The van der Waals surface area contributed by atoms with Gasteiger partial charge in [0.1, 0.15) is 11.6 Å². The quantitative estimate of drug-likeness (QED) is 0.370. The Balaban J connectivity index is 2.03. The van der Waals surface area contributed by atoms with Gasteiger partial charge in [-0.3, -0.25) is 0 Å². The first-order valence-corrected chi connectivity index (χ1v) is 10.7. The Labute approximate surface area is 163 Å². The largest absolute Gasteiger partial charge is 0.207 e. The summed E-state index contributed by atoms with van der Waals surface area (Å²) in [6.07, 6.45) is 11.4. The number of fused-ring (bicyclic) bond motifs is 3. The molecule has 0 N–H and O–H groups in total. The van der Waals surface area contributed by atoms with E-state index in [1.807, 2.05) is 12.1 Å². The molecule has 2 aromatic rings. The molecule has 0 aromatic heterocycles. The van der Waals surface area contributed by atoms with Gasteiger partial charge in [0, 0.05) is 5.41 Å². The van der Waals surface area contributed by atoms with Crippen molar-refractivity contribution >= 4 is 0 Å². The summed E-state index contributed by atoms with van der Waals surface area (Å²) in [5, 5.41) is 0. The topological polar surface area (TPSA) is 0 Å². The minimum Gasteiger partial charge on any atom is -0.207 e. The Morgan fingerprint density at radius 1 is 0.630 bits per heavy atom. The van der Waals surface area contributed by atoms with Crippen molar-refractivity contribution in [3.8, 4) is 11.1 Å². The zero-order valence-corrected chi connectivity index (χ0v) is 16.8. The van der Waals surface area contributed by atoms with Gasteiger partial charge in [-0.1, -0.05) is 77.3 Å². The normalized spacial score (nSPS) is 14.2. The van der Waals surface area contributed by atoms with Gasteiger partial charge < -0.3 is 0 Å². The van der Waals surface area contributed by atoms with Crippen molar-refractivity contribution in [2.24, 2.45) is 0 Å². The maximum absolute atomic E-state index is 14.2. The summed E-state index contributed by atoms with van der Waals surface area (Å²) in [7, 11) is 0. The molecule has 2 aromatic carbocycles. The monoisotopic (exact) mass is 370 g/mol. The van der Waals surface area contributed by atoms with Gasteiger partial charge in [0.2, 0.25) is 0 Å². The number of rotatable bonds is 10. The van der Waals surface area contributed by atoms with E-state index < -0.39 is 0 Å². The van der Waals surface area contributed by atoms with Crippen LogP contribution in [0.25, 0.3) is 11.1 Å². The van der Waals surface area contributed by atoms with Gasteiger partial charge in [-0.2, -0.15) is 0 Å². The Morgan fingerprint density at radius 3 is 1.48 bits per heavy atom. The lowest BCUT2D eigenvalue weighted by Crippen LogP contribution is -2.26. The molecule has 0 saturated heterocycles. The highest BCUT2D eigenvalue weighted by atomic mass is 19.1. The zero-order valence-electron chi connectivity index (χ0n) is 16.8. The van der Waals surface area contributed by atoms with Crippen LogP contribution < -0.4 is 0 Å². The van der Waals surface area contributed by atoms with Crippen LogP contribution in [0.5, 0.6) is 0 Å². The molecule has 0 spiro atoms. The number of hydrogen-bond donors (Lipinski definition) is 0. The van der Waals surface area contributed by atoms with Crippen LogP contribution in [-0.2, 0) is 5.41 Å². The molecule has 146 valence electrons. The fourth-order valence-electron chi connectivity index (χ4n) is 4.81. The van der Waals surface area contributed by atoms with Crippen LogP contribution >= 0.6 is 0 Å². The van der Waals surface area contributed by atoms with Crippen LogP contribution in [-0.4, -0.2) is 0 Å². The van der Waals surface area contributed by atoms with E-state index in [1.165, 1.54) is 50.7 Å². The number of halogens is 2. The molecule has 0 bridgehead atoms. The second-order valence-corrected chi connectivity index (χ2v) is 8.08. The van der Waals surface area contributed by atoms with E-state index in [-0.39, 0.29) is 17.0 Å². The van der Waals surface area contributed by atoms with Gasteiger partial charge in [-0.15, -0.1) is 0 Å². The van der Waals surface area contributed by atoms with Crippen LogP contribution in [0, 0.1) is 11.6 Å². The van der Waals surface area contributed by atoms with Crippen LogP contribution in [0.1, 0.15) is 89.2 Å². The Morgan fingerprint density at radius 2 is 1.07 bits per heavy atom. The van der Waals surface area contributed by atoms with Gasteiger partial charge in [0.25, 0.3) is 0 Å². The van der Waals surface area contributed by atoms with Crippen LogP contribution in [0.3, 0.4) is 0 Å². The van der Waals surface area contributed by atoms with Gasteiger partial charge in [0.05, 0.1) is 0 Å². The molecule has 2 heteroatoms. The van der Waals surface area contributed by atoms with Gasteiger partial charge in [0.15, 0.2) is 0 Å². The van der Waals surface area contributed by atoms with Crippen molar-refractivity contribution in [2.45, 2.75) is 83.5 Å². The second-order valence-electron chi connectivity index (χ2n) is 8.08. The molecule has 0 atom stereocenters. The summed E-state index contributed by atoms with van der Waals surface area (Å²) in [6.45, 7) is 4.43. The number of unbranched alkanes of at least 4 members (excludes halogenated alkanes) is 6. The first kappa shape index (κ1) is 20.0. The van der Waals surface area contributed by atoms with Crippen molar-refractivity contribution in [2.75, 3.05) is 0 Å². The molecular weight excluding hydrogens is 338 g/mol. The predicted octanol–water partition coefficient (Wildman–Crippen LogP) is 8.17. The van der Waals surface area contributed by atoms with E-state index in [0.717, 1.165) is 47.9 Å². The van der Waals surface area contributed by atoms with Gasteiger partial charge in [-0.25, -0.2) is 8.78 Å². The standard InChI is InChI=1S/C25H32F2/c1-3-5-7-9-15-25(16-10-8-6-4-2)23-17-19(26)11-13-21(23)22-14-12-20(27)18-24(22)25/h11-14,17-18H,3-10,15-16H2,1-2H3. The summed E-state index contributed by atoms with van der Waals surface area (Å²) in [5.41, 5.74) is 4.11. The Bertz CT molecular complexity index is 697. The van der Waals surface area contributed by atoms with E-state index in [4.69, 9.17) is 0 Å². The molecule has 1 aliphatic rings. The second kappa shape index (κ2) is 8.99. The summed E-state index contributed by atoms with van der Waals surface area (Å²) in [5.74, 6) is -0.373. The van der Waals surface area contributed by atoms with Crippen molar-refractivity contribution in [1.82, 2.24) is 0 Å². The van der Waals surface area contributed by atoms with E-state index in [0.29, 0.717) is 0 Å². The molecule has 0 radical (unpaired) electrons. The third-order valence-electron chi connectivity index (χ3n) is 6.20.